The van der Waals surface area contributed by atoms with Gasteiger partial charge in [0.1, 0.15) is 0 Å². The Kier molecular flexibility index (Phi) is 6.09. The normalized spacial score (nSPS) is 13.9. The van der Waals surface area contributed by atoms with Gasteiger partial charge in [-0.2, -0.15) is 0 Å². The highest BCUT2D eigenvalue weighted by atomic mass is 32.2. The minimum atomic E-state index is -3.92. The SMILES string of the molecule is Cc1noc(NS(=O)(=O)c2ccc(NC(=O)C3CN(C(=O)c4ccc(F)c(F)c4)C3)cc2)c1C. The number of nitrogens with one attached hydrogen (secondary N) is 2. The number of sulfonamides is 1. The Bertz CT molecular complexity index is 1370. The van der Waals surface area contributed by atoms with Crippen LogP contribution in [0.1, 0.15) is 21.6 Å². The first kappa shape index (κ1) is 23.4. The van der Waals surface area contributed by atoms with Crippen LogP contribution >= 0.6 is 0 Å². The lowest BCUT2D eigenvalue weighted by Crippen LogP contribution is -2.54. The van der Waals surface area contributed by atoms with E-state index in [0.29, 0.717) is 16.9 Å². The smallest absolute Gasteiger partial charge is 0.264 e. The van der Waals surface area contributed by atoms with Crippen molar-refractivity contribution in [1.29, 1.82) is 0 Å². The van der Waals surface area contributed by atoms with Gasteiger partial charge in [0, 0.05) is 29.9 Å². The molecule has 4 rings (SSSR count). The third-order valence-electron chi connectivity index (χ3n) is 5.52. The van der Waals surface area contributed by atoms with Crippen LogP contribution in [0.15, 0.2) is 51.9 Å². The molecule has 0 atom stereocenters. The van der Waals surface area contributed by atoms with E-state index in [1.165, 1.54) is 35.2 Å². The van der Waals surface area contributed by atoms with Crippen molar-refractivity contribution < 1.29 is 31.3 Å². The van der Waals surface area contributed by atoms with Gasteiger partial charge in [-0.05, 0) is 56.3 Å². The van der Waals surface area contributed by atoms with Gasteiger partial charge in [0.25, 0.3) is 15.9 Å². The van der Waals surface area contributed by atoms with Crippen LogP contribution in [-0.4, -0.2) is 43.4 Å². The second-order valence-electron chi connectivity index (χ2n) is 7.88. The number of hydrogen-bond donors (Lipinski definition) is 2. The lowest BCUT2D eigenvalue weighted by atomic mass is 9.97. The number of hydrogen-bond acceptors (Lipinski definition) is 6. The van der Waals surface area contributed by atoms with Crippen LogP contribution in [0.2, 0.25) is 0 Å². The zero-order chi connectivity index (χ0) is 24.6. The van der Waals surface area contributed by atoms with Crippen LogP contribution < -0.4 is 10.0 Å². The molecule has 1 aromatic heterocycles. The van der Waals surface area contributed by atoms with E-state index in [0.717, 1.165) is 12.1 Å². The topological polar surface area (TPSA) is 122 Å². The van der Waals surface area contributed by atoms with E-state index < -0.39 is 33.5 Å². The number of carbonyl (C=O) groups is 2. The number of nitrogens with zero attached hydrogens (tertiary/aromatic N) is 2. The molecule has 34 heavy (non-hydrogen) atoms. The van der Waals surface area contributed by atoms with Crippen LogP contribution in [0, 0.1) is 31.4 Å². The number of amides is 2. The Morgan fingerprint density at radius 2 is 1.74 bits per heavy atom. The molecule has 2 aromatic carbocycles. The number of likely N-dealkylation sites (tertiary alicyclic amines) is 1. The summed E-state index contributed by atoms with van der Waals surface area (Å²) < 4.78 is 58.8. The Balaban J connectivity index is 1.33. The van der Waals surface area contributed by atoms with Gasteiger partial charge in [0.15, 0.2) is 11.6 Å². The molecule has 3 aromatic rings. The van der Waals surface area contributed by atoms with E-state index in [9.17, 15) is 26.8 Å². The molecule has 2 amide bonds. The molecule has 0 aliphatic carbocycles. The molecule has 9 nitrogen and oxygen atoms in total. The zero-order valence-electron chi connectivity index (χ0n) is 18.1. The van der Waals surface area contributed by atoms with Crippen LogP contribution in [-0.2, 0) is 14.8 Å². The van der Waals surface area contributed by atoms with Gasteiger partial charge >= 0.3 is 0 Å². The number of anilines is 2. The molecule has 0 bridgehead atoms. The van der Waals surface area contributed by atoms with Crippen molar-refractivity contribution in [1.82, 2.24) is 10.1 Å². The molecule has 0 spiro atoms. The molecular weight excluding hydrogens is 470 g/mol. The fraction of sp³-hybridized carbons (Fsp3) is 0.227. The number of benzene rings is 2. The lowest BCUT2D eigenvalue weighted by molar-refractivity contribution is -0.123. The van der Waals surface area contributed by atoms with Crippen molar-refractivity contribution in [3.8, 4) is 0 Å². The lowest BCUT2D eigenvalue weighted by Gasteiger charge is -2.38. The molecule has 0 radical (unpaired) electrons. The molecule has 2 N–H and O–H groups in total. The highest BCUT2D eigenvalue weighted by Crippen LogP contribution is 2.24. The predicted molar refractivity (Wildman–Crippen MR) is 118 cm³/mol. The van der Waals surface area contributed by atoms with Crippen molar-refractivity contribution in [3.63, 3.8) is 0 Å². The Labute approximate surface area is 193 Å². The van der Waals surface area contributed by atoms with Gasteiger partial charge in [-0.15, -0.1) is 0 Å². The number of aryl methyl sites for hydroxylation is 1. The van der Waals surface area contributed by atoms with E-state index in [2.05, 4.69) is 15.2 Å². The van der Waals surface area contributed by atoms with Gasteiger partial charge in [-0.3, -0.25) is 9.59 Å². The number of rotatable bonds is 6. The number of aromatic nitrogens is 1. The zero-order valence-corrected chi connectivity index (χ0v) is 18.9. The minimum absolute atomic E-state index is 0.00107. The average Bonchev–Trinajstić information content (AvgIpc) is 3.06. The van der Waals surface area contributed by atoms with E-state index >= 15 is 0 Å². The van der Waals surface area contributed by atoms with Gasteiger partial charge in [-0.1, -0.05) is 5.16 Å². The number of carbonyl (C=O) groups excluding carboxylic acids is 2. The summed E-state index contributed by atoms with van der Waals surface area (Å²) in [4.78, 5) is 26.1. The minimum Gasteiger partial charge on any atom is -0.337 e. The predicted octanol–water partition coefficient (Wildman–Crippen LogP) is 3.08. The number of halogens is 2. The molecule has 178 valence electrons. The first-order chi connectivity index (χ1) is 16.0. The third kappa shape index (κ3) is 4.62. The Morgan fingerprint density at radius 1 is 1.06 bits per heavy atom. The molecule has 12 heteroatoms. The van der Waals surface area contributed by atoms with E-state index in [1.54, 1.807) is 13.8 Å². The van der Waals surface area contributed by atoms with Crippen molar-refractivity contribution >= 4 is 33.4 Å². The first-order valence-corrected chi connectivity index (χ1v) is 11.6. The van der Waals surface area contributed by atoms with Crippen molar-refractivity contribution in [2.24, 2.45) is 5.92 Å². The van der Waals surface area contributed by atoms with Crippen LogP contribution in [0.25, 0.3) is 0 Å². The first-order valence-electron chi connectivity index (χ1n) is 10.2. The molecule has 1 saturated heterocycles. The standard InChI is InChI=1S/C22H20F2N4O5S/c1-12-13(2)26-33-21(12)27-34(31,32)17-6-4-16(5-7-17)25-20(29)15-10-28(11-15)22(30)14-3-8-18(23)19(24)9-14/h3-9,15,27H,10-11H2,1-2H3,(H,25,29). The van der Waals surface area contributed by atoms with Gasteiger partial charge < -0.3 is 14.7 Å². The Hall–Kier alpha value is -3.80. The summed E-state index contributed by atoms with van der Waals surface area (Å²) >= 11 is 0. The summed E-state index contributed by atoms with van der Waals surface area (Å²) in [6, 6.07) is 8.41. The second-order valence-corrected chi connectivity index (χ2v) is 9.56. The third-order valence-corrected chi connectivity index (χ3v) is 6.87. The Morgan fingerprint density at radius 3 is 2.32 bits per heavy atom. The molecule has 1 aliphatic rings. The molecule has 2 heterocycles. The summed E-state index contributed by atoms with van der Waals surface area (Å²) in [5.41, 5.74) is 1.52. The van der Waals surface area contributed by atoms with Crippen molar-refractivity contribution in [2.45, 2.75) is 18.7 Å². The van der Waals surface area contributed by atoms with E-state index in [4.69, 9.17) is 4.52 Å². The van der Waals surface area contributed by atoms with E-state index in [1.807, 2.05) is 0 Å². The fourth-order valence-electron chi connectivity index (χ4n) is 3.28. The second kappa shape index (κ2) is 8.86. The summed E-state index contributed by atoms with van der Waals surface area (Å²) in [7, 11) is -3.92. The highest BCUT2D eigenvalue weighted by Gasteiger charge is 2.36. The maximum absolute atomic E-state index is 13.3. The molecule has 1 aliphatic heterocycles. The molecule has 0 unspecified atom stereocenters. The van der Waals surface area contributed by atoms with Crippen LogP contribution in [0.3, 0.4) is 0 Å². The monoisotopic (exact) mass is 490 g/mol. The highest BCUT2D eigenvalue weighted by molar-refractivity contribution is 7.92. The largest absolute Gasteiger partial charge is 0.337 e. The van der Waals surface area contributed by atoms with Crippen LogP contribution in [0.4, 0.5) is 20.4 Å². The average molecular weight is 490 g/mol. The van der Waals surface area contributed by atoms with Gasteiger partial charge in [-0.25, -0.2) is 21.9 Å². The van der Waals surface area contributed by atoms with Crippen LogP contribution in [0.5, 0.6) is 0 Å². The molecule has 0 saturated carbocycles. The molecule has 1 fully saturated rings. The van der Waals surface area contributed by atoms with Gasteiger partial charge in [0.2, 0.25) is 11.8 Å². The quantitative estimate of drug-likeness (QED) is 0.548. The summed E-state index contributed by atoms with van der Waals surface area (Å²) in [5.74, 6) is -3.47. The summed E-state index contributed by atoms with van der Waals surface area (Å²) in [5, 5.41) is 6.38. The summed E-state index contributed by atoms with van der Waals surface area (Å²) in [6.07, 6.45) is 0. The van der Waals surface area contributed by atoms with Crippen molar-refractivity contribution in [2.75, 3.05) is 23.1 Å². The maximum atomic E-state index is 13.3. The summed E-state index contributed by atoms with van der Waals surface area (Å²) in [6.45, 7) is 3.61. The van der Waals surface area contributed by atoms with Gasteiger partial charge in [0.05, 0.1) is 16.5 Å². The fourth-order valence-corrected chi connectivity index (χ4v) is 4.32. The van der Waals surface area contributed by atoms with Crippen molar-refractivity contribution in [3.05, 3.63) is 70.9 Å². The molecular formula is C22H20F2N4O5S. The van der Waals surface area contributed by atoms with E-state index in [-0.39, 0.29) is 35.3 Å². The maximum Gasteiger partial charge on any atom is 0.264 e.